The van der Waals surface area contributed by atoms with Gasteiger partial charge < -0.3 is 20.3 Å². The summed E-state index contributed by atoms with van der Waals surface area (Å²) in [5.41, 5.74) is 4.26. The third kappa shape index (κ3) is 7.73. The second-order valence-corrected chi connectivity index (χ2v) is 10.0. The minimum Gasteiger partial charge on any atom is -0.496 e. The summed E-state index contributed by atoms with van der Waals surface area (Å²) in [6, 6.07) is 9.30. The Morgan fingerprint density at radius 2 is 1.88 bits per heavy atom. The number of ether oxygens (including phenoxy) is 1. The molecule has 0 heterocycles. The zero-order valence-corrected chi connectivity index (χ0v) is 21.4. The van der Waals surface area contributed by atoms with Gasteiger partial charge in [0.25, 0.3) is 0 Å². The average molecular weight is 476 g/mol. The second kappa shape index (κ2) is 11.9. The molecule has 33 heavy (non-hydrogen) atoms. The maximum atomic E-state index is 12.9. The van der Waals surface area contributed by atoms with Gasteiger partial charge in [0, 0.05) is 5.02 Å². The van der Waals surface area contributed by atoms with Crippen LogP contribution in [0, 0.1) is 6.92 Å². The zero-order chi connectivity index (χ0) is 24.8. The van der Waals surface area contributed by atoms with E-state index < -0.39 is 11.6 Å². The van der Waals surface area contributed by atoms with E-state index in [0.29, 0.717) is 29.5 Å². The van der Waals surface area contributed by atoms with E-state index in [4.69, 9.17) is 16.3 Å². The molecule has 2 aromatic carbocycles. The van der Waals surface area contributed by atoms with Crippen molar-refractivity contribution in [2.24, 2.45) is 0 Å². The molecule has 0 radical (unpaired) electrons. The molecule has 1 unspecified atom stereocenters. The number of carbonyl (C=O) groups excluding carboxylic acids is 1. The fraction of sp³-hybridized carbons (Fsp3) is 0.519. The fourth-order valence-corrected chi connectivity index (χ4v) is 4.38. The van der Waals surface area contributed by atoms with Gasteiger partial charge in [0.05, 0.1) is 31.8 Å². The summed E-state index contributed by atoms with van der Waals surface area (Å²) in [6.07, 6.45) is 1.98. The quantitative estimate of drug-likeness (QED) is 0.438. The van der Waals surface area contributed by atoms with Gasteiger partial charge in [-0.1, -0.05) is 43.6 Å². The minimum atomic E-state index is -0.760. The largest absolute Gasteiger partial charge is 0.496 e. The summed E-state index contributed by atoms with van der Waals surface area (Å²) in [6.45, 7) is 9.60. The van der Waals surface area contributed by atoms with Crippen LogP contribution in [0.5, 0.6) is 5.75 Å². The van der Waals surface area contributed by atoms with Crippen LogP contribution >= 0.6 is 11.6 Å². The molecule has 0 saturated heterocycles. The van der Waals surface area contributed by atoms with E-state index in [2.05, 4.69) is 31.3 Å². The number of nitrogens with one attached hydrogen (secondary N) is 1. The number of carbonyl (C=O) groups is 1. The number of methoxy groups -OCH3 is 1. The van der Waals surface area contributed by atoms with Crippen LogP contribution in [0.1, 0.15) is 67.9 Å². The minimum absolute atomic E-state index is 0.107. The van der Waals surface area contributed by atoms with Crippen LogP contribution in [-0.4, -0.2) is 41.5 Å². The molecule has 2 aromatic rings. The molecule has 1 amide bonds. The van der Waals surface area contributed by atoms with Gasteiger partial charge in [-0.05, 0) is 85.9 Å². The maximum Gasteiger partial charge on any atom is 0.224 e. The lowest BCUT2D eigenvalue weighted by atomic mass is 9.86. The van der Waals surface area contributed by atoms with Gasteiger partial charge in [0.1, 0.15) is 5.75 Å². The van der Waals surface area contributed by atoms with Gasteiger partial charge >= 0.3 is 0 Å². The molecule has 0 aliphatic heterocycles. The molecule has 0 fully saturated rings. The number of amides is 1. The summed E-state index contributed by atoms with van der Waals surface area (Å²) >= 11 is 6.35. The SMILES string of the molecule is COc1ccc(Cl)c(CC(=O)NC(CO)Cc2c(CCC(C)(C)O)cccc2C(C)C)c1C. The fourth-order valence-electron chi connectivity index (χ4n) is 4.11. The maximum absolute atomic E-state index is 12.9. The Morgan fingerprint density at radius 1 is 1.18 bits per heavy atom. The first-order valence-corrected chi connectivity index (χ1v) is 11.9. The first kappa shape index (κ1) is 27.2. The van der Waals surface area contributed by atoms with E-state index in [9.17, 15) is 15.0 Å². The lowest BCUT2D eigenvalue weighted by molar-refractivity contribution is -0.121. The molecule has 5 nitrogen and oxygen atoms in total. The third-order valence-corrected chi connectivity index (χ3v) is 6.38. The highest BCUT2D eigenvalue weighted by Gasteiger charge is 2.21. The highest BCUT2D eigenvalue weighted by atomic mass is 35.5. The van der Waals surface area contributed by atoms with Gasteiger partial charge in [-0.15, -0.1) is 0 Å². The molecule has 182 valence electrons. The smallest absolute Gasteiger partial charge is 0.224 e. The summed E-state index contributed by atoms with van der Waals surface area (Å²) in [5, 5.41) is 23.8. The van der Waals surface area contributed by atoms with E-state index >= 15 is 0 Å². The van der Waals surface area contributed by atoms with E-state index in [1.165, 1.54) is 5.56 Å². The molecule has 0 spiro atoms. The molecule has 0 saturated carbocycles. The van der Waals surface area contributed by atoms with E-state index in [-0.39, 0.29) is 18.9 Å². The van der Waals surface area contributed by atoms with E-state index in [1.807, 2.05) is 13.0 Å². The van der Waals surface area contributed by atoms with Crippen LogP contribution in [0.3, 0.4) is 0 Å². The van der Waals surface area contributed by atoms with Crippen molar-refractivity contribution < 1.29 is 19.7 Å². The van der Waals surface area contributed by atoms with Crippen LogP contribution in [0.15, 0.2) is 30.3 Å². The number of aliphatic hydroxyl groups excluding tert-OH is 1. The number of hydrogen-bond acceptors (Lipinski definition) is 4. The molecule has 0 aromatic heterocycles. The molecule has 1 atom stereocenters. The molecular weight excluding hydrogens is 438 g/mol. The predicted octanol–water partition coefficient (Wildman–Crippen LogP) is 4.75. The van der Waals surface area contributed by atoms with Crippen LogP contribution < -0.4 is 10.1 Å². The highest BCUT2D eigenvalue weighted by molar-refractivity contribution is 6.31. The Balaban J connectivity index is 2.23. The number of benzene rings is 2. The van der Waals surface area contributed by atoms with Gasteiger partial charge in [0.2, 0.25) is 5.91 Å². The van der Waals surface area contributed by atoms with Crippen LogP contribution in [0.25, 0.3) is 0 Å². The van der Waals surface area contributed by atoms with Crippen molar-refractivity contribution in [3.63, 3.8) is 0 Å². The lowest BCUT2D eigenvalue weighted by Gasteiger charge is -2.24. The van der Waals surface area contributed by atoms with Crippen molar-refractivity contribution in [1.82, 2.24) is 5.32 Å². The van der Waals surface area contributed by atoms with Crippen molar-refractivity contribution in [2.75, 3.05) is 13.7 Å². The van der Waals surface area contributed by atoms with Crippen molar-refractivity contribution >= 4 is 17.5 Å². The monoisotopic (exact) mass is 475 g/mol. The molecule has 0 bridgehead atoms. The van der Waals surface area contributed by atoms with Crippen molar-refractivity contribution in [2.45, 2.75) is 77.9 Å². The van der Waals surface area contributed by atoms with Crippen LogP contribution in [-0.2, 0) is 24.1 Å². The topological polar surface area (TPSA) is 78.8 Å². The number of hydrogen-bond donors (Lipinski definition) is 3. The summed E-state index contributed by atoms with van der Waals surface area (Å²) in [7, 11) is 1.59. The Labute approximate surface area is 203 Å². The number of rotatable bonds is 11. The Bertz CT molecular complexity index is 950. The van der Waals surface area contributed by atoms with Gasteiger partial charge in [-0.3, -0.25) is 4.79 Å². The summed E-state index contributed by atoms with van der Waals surface area (Å²) < 4.78 is 5.35. The highest BCUT2D eigenvalue weighted by Crippen LogP contribution is 2.29. The zero-order valence-electron chi connectivity index (χ0n) is 20.7. The lowest BCUT2D eigenvalue weighted by Crippen LogP contribution is -2.40. The number of aryl methyl sites for hydroxylation is 1. The average Bonchev–Trinajstić information content (AvgIpc) is 2.74. The molecule has 0 aliphatic carbocycles. The van der Waals surface area contributed by atoms with Crippen LogP contribution in [0.4, 0.5) is 0 Å². The van der Waals surface area contributed by atoms with Gasteiger partial charge in [0.15, 0.2) is 0 Å². The van der Waals surface area contributed by atoms with E-state index in [1.54, 1.807) is 33.1 Å². The van der Waals surface area contributed by atoms with Gasteiger partial charge in [-0.2, -0.15) is 0 Å². The molecular formula is C27H38ClNO4. The molecule has 0 aliphatic rings. The van der Waals surface area contributed by atoms with Crippen molar-refractivity contribution in [3.8, 4) is 5.75 Å². The summed E-state index contributed by atoms with van der Waals surface area (Å²) in [4.78, 5) is 12.9. The first-order valence-electron chi connectivity index (χ1n) is 11.5. The van der Waals surface area contributed by atoms with Crippen LogP contribution in [0.2, 0.25) is 5.02 Å². The predicted molar refractivity (Wildman–Crippen MR) is 134 cm³/mol. The second-order valence-electron chi connectivity index (χ2n) is 9.63. The number of aliphatic hydroxyl groups is 2. The van der Waals surface area contributed by atoms with Gasteiger partial charge in [-0.25, -0.2) is 0 Å². The Morgan fingerprint density at radius 3 is 2.45 bits per heavy atom. The molecule has 2 rings (SSSR count). The molecule has 3 N–H and O–H groups in total. The Kier molecular flexibility index (Phi) is 9.77. The van der Waals surface area contributed by atoms with Crippen molar-refractivity contribution in [1.29, 1.82) is 0 Å². The first-order chi connectivity index (χ1) is 15.5. The van der Waals surface area contributed by atoms with E-state index in [0.717, 1.165) is 28.7 Å². The third-order valence-electron chi connectivity index (χ3n) is 6.02. The standard InChI is InChI=1S/C27H38ClNO4/c1-17(2)21-9-7-8-19(12-13-27(4,5)32)23(21)14-20(16-30)29-26(31)15-22-18(3)25(33-6)11-10-24(22)28/h7-11,17,20,30,32H,12-16H2,1-6H3,(H,29,31). The Hall–Kier alpha value is -2.08. The normalized spacial score (nSPS) is 12.7. The molecule has 6 heteroatoms. The number of halogens is 1. The summed E-state index contributed by atoms with van der Waals surface area (Å²) in [5.74, 6) is 0.783. The van der Waals surface area contributed by atoms with Crippen molar-refractivity contribution in [3.05, 3.63) is 63.2 Å².